The maximum atomic E-state index is 12.3. The van der Waals surface area contributed by atoms with Crippen molar-refractivity contribution in [2.75, 3.05) is 24.4 Å². The third-order valence-corrected chi connectivity index (χ3v) is 4.79. The van der Waals surface area contributed by atoms with E-state index in [4.69, 9.17) is 5.26 Å². The van der Waals surface area contributed by atoms with Gasteiger partial charge >= 0.3 is 10.2 Å². The number of rotatable bonds is 5. The van der Waals surface area contributed by atoms with Gasteiger partial charge < -0.3 is 0 Å². The van der Waals surface area contributed by atoms with Crippen molar-refractivity contribution in [3.8, 4) is 6.07 Å². The topological polar surface area (TPSA) is 64.4 Å². The fourth-order valence-electron chi connectivity index (χ4n) is 1.63. The van der Waals surface area contributed by atoms with Crippen molar-refractivity contribution in [1.29, 1.82) is 5.26 Å². The smallest absolute Gasteiger partial charge is 0.261 e. The van der Waals surface area contributed by atoms with E-state index in [0.29, 0.717) is 24.3 Å². The molecule has 0 radical (unpaired) electrons. The van der Waals surface area contributed by atoms with Crippen molar-refractivity contribution in [2.24, 2.45) is 0 Å². The Balaban J connectivity index is 3.13. The molecule has 0 amide bonds. The first-order chi connectivity index (χ1) is 8.47. The van der Waals surface area contributed by atoms with Crippen molar-refractivity contribution in [2.45, 2.75) is 13.8 Å². The summed E-state index contributed by atoms with van der Waals surface area (Å²) in [5, 5.41) is 8.82. The maximum Gasteiger partial charge on any atom is 0.303 e. The van der Waals surface area contributed by atoms with Crippen molar-refractivity contribution in [3.05, 3.63) is 29.8 Å². The van der Waals surface area contributed by atoms with Crippen LogP contribution < -0.4 is 4.31 Å². The summed E-state index contributed by atoms with van der Waals surface area (Å²) in [7, 11) is -2.03. The Bertz CT molecular complexity index is 545. The molecule has 0 aliphatic carbocycles. The van der Waals surface area contributed by atoms with Crippen molar-refractivity contribution < 1.29 is 8.42 Å². The molecule has 0 aliphatic rings. The summed E-state index contributed by atoms with van der Waals surface area (Å²) in [5.41, 5.74) is 0.926. The summed E-state index contributed by atoms with van der Waals surface area (Å²) in [6.07, 6.45) is 0. The number of benzene rings is 1. The van der Waals surface area contributed by atoms with E-state index in [2.05, 4.69) is 0 Å². The highest BCUT2D eigenvalue weighted by Crippen LogP contribution is 2.19. The minimum absolute atomic E-state index is 0.418. The van der Waals surface area contributed by atoms with E-state index in [1.165, 1.54) is 15.7 Å². The highest BCUT2D eigenvalue weighted by atomic mass is 32.2. The van der Waals surface area contributed by atoms with Gasteiger partial charge in [-0.2, -0.15) is 18.0 Å². The average Bonchev–Trinajstić information content (AvgIpc) is 2.39. The van der Waals surface area contributed by atoms with Gasteiger partial charge in [-0.25, -0.2) is 0 Å². The number of hydrogen-bond acceptors (Lipinski definition) is 3. The highest BCUT2D eigenvalue weighted by molar-refractivity contribution is 7.90. The number of anilines is 1. The summed E-state index contributed by atoms with van der Waals surface area (Å²) in [5.74, 6) is 0. The molecule has 1 aromatic carbocycles. The number of nitrogens with zero attached hydrogens (tertiary/aromatic N) is 3. The standard InChI is InChI=1S/C12H17N3O2S/c1-4-15(5-2)18(16,17)14(3)12-8-6-7-11(9-12)10-13/h6-9H,4-5H2,1-3H3. The SMILES string of the molecule is CCN(CC)S(=O)(=O)N(C)c1cccc(C#N)c1. The highest BCUT2D eigenvalue weighted by Gasteiger charge is 2.24. The first-order valence-corrected chi connectivity index (χ1v) is 7.11. The zero-order valence-corrected chi connectivity index (χ0v) is 11.6. The zero-order chi connectivity index (χ0) is 13.8. The Morgan fingerprint density at radius 3 is 2.39 bits per heavy atom. The number of nitriles is 1. The average molecular weight is 267 g/mol. The molecule has 0 aliphatic heterocycles. The Morgan fingerprint density at radius 2 is 1.89 bits per heavy atom. The molecule has 5 nitrogen and oxygen atoms in total. The van der Waals surface area contributed by atoms with Gasteiger partial charge in [-0.3, -0.25) is 4.31 Å². The van der Waals surface area contributed by atoms with Gasteiger partial charge in [0.25, 0.3) is 0 Å². The predicted molar refractivity (Wildman–Crippen MR) is 71.4 cm³/mol. The van der Waals surface area contributed by atoms with E-state index < -0.39 is 10.2 Å². The molecule has 1 aromatic rings. The van der Waals surface area contributed by atoms with Gasteiger partial charge in [-0.1, -0.05) is 19.9 Å². The molecule has 0 aromatic heterocycles. The van der Waals surface area contributed by atoms with Gasteiger partial charge in [0.1, 0.15) is 0 Å². The Labute approximate surface area is 108 Å². The van der Waals surface area contributed by atoms with Gasteiger partial charge in [0.2, 0.25) is 0 Å². The summed E-state index contributed by atoms with van der Waals surface area (Å²) in [4.78, 5) is 0. The van der Waals surface area contributed by atoms with Crippen LogP contribution in [0.4, 0.5) is 5.69 Å². The molecule has 1 rings (SSSR count). The zero-order valence-electron chi connectivity index (χ0n) is 10.8. The predicted octanol–water partition coefficient (Wildman–Crippen LogP) is 1.58. The molecule has 0 bridgehead atoms. The third-order valence-electron chi connectivity index (χ3n) is 2.72. The van der Waals surface area contributed by atoms with Crippen LogP contribution in [-0.4, -0.2) is 32.9 Å². The van der Waals surface area contributed by atoms with Crippen molar-refractivity contribution in [3.63, 3.8) is 0 Å². The summed E-state index contributed by atoms with van der Waals surface area (Å²) < 4.78 is 27.1. The van der Waals surface area contributed by atoms with Crippen molar-refractivity contribution >= 4 is 15.9 Å². The van der Waals surface area contributed by atoms with Gasteiger partial charge in [0.05, 0.1) is 17.3 Å². The van der Waals surface area contributed by atoms with E-state index in [0.717, 1.165) is 0 Å². The van der Waals surface area contributed by atoms with Gasteiger partial charge in [-0.15, -0.1) is 0 Å². The minimum atomic E-state index is -3.52. The number of hydrogen-bond donors (Lipinski definition) is 0. The second kappa shape index (κ2) is 5.85. The van der Waals surface area contributed by atoms with Crippen LogP contribution in [0.25, 0.3) is 0 Å². The minimum Gasteiger partial charge on any atom is -0.261 e. The molecule has 0 saturated carbocycles. The van der Waals surface area contributed by atoms with E-state index in [9.17, 15) is 8.42 Å². The van der Waals surface area contributed by atoms with Crippen LogP contribution in [-0.2, 0) is 10.2 Å². The lowest BCUT2D eigenvalue weighted by Crippen LogP contribution is -2.41. The van der Waals surface area contributed by atoms with Crippen LogP contribution in [0.3, 0.4) is 0 Å². The lowest BCUT2D eigenvalue weighted by molar-refractivity contribution is 0.444. The first-order valence-electron chi connectivity index (χ1n) is 5.71. The Morgan fingerprint density at radius 1 is 1.28 bits per heavy atom. The normalized spacial score (nSPS) is 11.3. The molecule has 6 heteroatoms. The summed E-state index contributed by atoms with van der Waals surface area (Å²) >= 11 is 0. The van der Waals surface area contributed by atoms with E-state index in [-0.39, 0.29) is 0 Å². The lowest BCUT2D eigenvalue weighted by Gasteiger charge is -2.26. The first kappa shape index (κ1) is 14.5. The fraction of sp³-hybridized carbons (Fsp3) is 0.417. The molecule has 0 fully saturated rings. The van der Waals surface area contributed by atoms with Crippen LogP contribution in [0.15, 0.2) is 24.3 Å². The van der Waals surface area contributed by atoms with Gasteiger partial charge in [-0.05, 0) is 18.2 Å². The van der Waals surface area contributed by atoms with Gasteiger partial charge in [0, 0.05) is 20.1 Å². The van der Waals surface area contributed by atoms with Crippen LogP contribution in [0, 0.1) is 11.3 Å². The second-order valence-corrected chi connectivity index (χ2v) is 5.68. The molecule has 0 saturated heterocycles. The van der Waals surface area contributed by atoms with E-state index >= 15 is 0 Å². The molecule has 98 valence electrons. The third kappa shape index (κ3) is 2.81. The molecular formula is C12H17N3O2S. The fourth-order valence-corrected chi connectivity index (χ4v) is 3.01. The van der Waals surface area contributed by atoms with Gasteiger partial charge in [0.15, 0.2) is 0 Å². The molecular weight excluding hydrogens is 250 g/mol. The van der Waals surface area contributed by atoms with Crippen LogP contribution in [0.5, 0.6) is 0 Å². The van der Waals surface area contributed by atoms with Crippen LogP contribution in [0.1, 0.15) is 19.4 Å². The molecule has 0 spiro atoms. The van der Waals surface area contributed by atoms with E-state index in [1.54, 1.807) is 38.1 Å². The Hall–Kier alpha value is -1.58. The Kier molecular flexibility index (Phi) is 4.70. The maximum absolute atomic E-state index is 12.3. The quantitative estimate of drug-likeness (QED) is 0.813. The van der Waals surface area contributed by atoms with Crippen LogP contribution >= 0.6 is 0 Å². The largest absolute Gasteiger partial charge is 0.303 e. The monoisotopic (exact) mass is 267 g/mol. The molecule has 0 unspecified atom stereocenters. The molecule has 0 N–H and O–H groups in total. The van der Waals surface area contributed by atoms with Crippen LogP contribution in [0.2, 0.25) is 0 Å². The lowest BCUT2D eigenvalue weighted by atomic mass is 10.2. The second-order valence-electron chi connectivity index (χ2n) is 3.72. The van der Waals surface area contributed by atoms with E-state index in [1.807, 2.05) is 6.07 Å². The molecule has 0 atom stereocenters. The van der Waals surface area contributed by atoms with Crippen molar-refractivity contribution in [1.82, 2.24) is 4.31 Å². The summed E-state index contributed by atoms with van der Waals surface area (Å²) in [6.45, 7) is 4.42. The summed E-state index contributed by atoms with van der Waals surface area (Å²) in [6, 6.07) is 8.53. The molecule has 18 heavy (non-hydrogen) atoms. The molecule has 0 heterocycles.